The maximum absolute atomic E-state index is 12.5. The highest BCUT2D eigenvalue weighted by Gasteiger charge is 2.23. The van der Waals surface area contributed by atoms with Gasteiger partial charge in [0.05, 0.1) is 12.8 Å². The van der Waals surface area contributed by atoms with E-state index in [1.54, 1.807) is 19.4 Å². The number of aliphatic imine (C=N–C) groups is 1. The Kier molecular flexibility index (Phi) is 7.67. The second-order valence-electron chi connectivity index (χ2n) is 5.49. The van der Waals surface area contributed by atoms with E-state index in [4.69, 9.17) is 4.42 Å². The SMILES string of the molecule is CCN(CC)S(=O)(=O)c1ccc(CCNC(=NC)NCc2ccco2)s1. The molecular formula is C17H26N4O3S2. The third kappa shape index (κ3) is 5.33. The third-order valence-corrected chi connectivity index (χ3v) is 7.50. The molecule has 2 N–H and O–H groups in total. The molecule has 0 saturated carbocycles. The molecule has 0 aliphatic carbocycles. The van der Waals surface area contributed by atoms with Crippen molar-refractivity contribution in [2.45, 2.75) is 31.0 Å². The standard InChI is InChI=1S/C17H26N4O3S2/c1-4-21(5-2)26(22,23)16-9-8-15(25-16)10-11-19-17(18-3)20-13-14-7-6-12-24-14/h6-9,12H,4-5,10-11,13H2,1-3H3,(H2,18,19,20). The van der Waals surface area contributed by atoms with E-state index in [0.717, 1.165) is 17.1 Å². The Hall–Kier alpha value is -1.84. The minimum absolute atomic E-state index is 0.400. The predicted molar refractivity (Wildman–Crippen MR) is 105 cm³/mol. The monoisotopic (exact) mass is 398 g/mol. The normalized spacial score (nSPS) is 12.5. The van der Waals surface area contributed by atoms with Gasteiger partial charge in [-0.3, -0.25) is 4.99 Å². The largest absolute Gasteiger partial charge is 0.467 e. The summed E-state index contributed by atoms with van der Waals surface area (Å²) < 4.78 is 32.2. The van der Waals surface area contributed by atoms with Gasteiger partial charge >= 0.3 is 0 Å². The molecule has 0 aliphatic rings. The summed E-state index contributed by atoms with van der Waals surface area (Å²) in [6.07, 6.45) is 2.35. The van der Waals surface area contributed by atoms with Crippen LogP contribution in [-0.2, 0) is 23.0 Å². The topological polar surface area (TPSA) is 86.9 Å². The van der Waals surface area contributed by atoms with Gasteiger partial charge in [0.15, 0.2) is 5.96 Å². The summed E-state index contributed by atoms with van der Waals surface area (Å²) in [6, 6.07) is 7.30. The molecule has 0 radical (unpaired) electrons. The van der Waals surface area contributed by atoms with Gasteiger partial charge < -0.3 is 15.1 Å². The molecule has 2 aromatic rings. The van der Waals surface area contributed by atoms with Gasteiger partial charge in [0.2, 0.25) is 0 Å². The molecule has 0 unspecified atom stereocenters. The smallest absolute Gasteiger partial charge is 0.252 e. The van der Waals surface area contributed by atoms with Gasteiger partial charge in [-0.2, -0.15) is 4.31 Å². The molecule has 0 aliphatic heterocycles. The quantitative estimate of drug-likeness (QED) is 0.500. The zero-order chi connectivity index (χ0) is 19.0. The van der Waals surface area contributed by atoms with Crippen molar-refractivity contribution in [1.29, 1.82) is 0 Å². The van der Waals surface area contributed by atoms with Crippen LogP contribution in [0.15, 0.2) is 44.1 Å². The van der Waals surface area contributed by atoms with E-state index < -0.39 is 10.0 Å². The lowest BCUT2D eigenvalue weighted by molar-refractivity contribution is 0.447. The predicted octanol–water partition coefficient (Wildman–Crippen LogP) is 2.28. The molecule has 0 atom stereocenters. The van der Waals surface area contributed by atoms with Crippen molar-refractivity contribution in [3.63, 3.8) is 0 Å². The van der Waals surface area contributed by atoms with E-state index in [2.05, 4.69) is 15.6 Å². The van der Waals surface area contributed by atoms with Crippen molar-refractivity contribution in [2.24, 2.45) is 4.99 Å². The van der Waals surface area contributed by atoms with E-state index in [0.29, 0.717) is 36.3 Å². The van der Waals surface area contributed by atoms with Crippen molar-refractivity contribution < 1.29 is 12.8 Å². The van der Waals surface area contributed by atoms with Crippen molar-refractivity contribution in [3.8, 4) is 0 Å². The number of nitrogens with one attached hydrogen (secondary N) is 2. The number of nitrogens with zero attached hydrogens (tertiary/aromatic N) is 2. The Morgan fingerprint density at radius 3 is 2.62 bits per heavy atom. The first-order chi connectivity index (χ1) is 12.5. The van der Waals surface area contributed by atoms with Crippen molar-refractivity contribution in [3.05, 3.63) is 41.2 Å². The van der Waals surface area contributed by atoms with Crippen LogP contribution in [0.4, 0.5) is 0 Å². The van der Waals surface area contributed by atoms with Gasteiger partial charge in [0.25, 0.3) is 10.0 Å². The maximum Gasteiger partial charge on any atom is 0.252 e. The highest BCUT2D eigenvalue weighted by Crippen LogP contribution is 2.25. The Morgan fingerprint density at radius 1 is 1.23 bits per heavy atom. The Bertz CT molecular complexity index is 794. The second-order valence-corrected chi connectivity index (χ2v) is 8.83. The van der Waals surface area contributed by atoms with Gasteiger partial charge in [-0.25, -0.2) is 8.42 Å². The molecule has 2 aromatic heterocycles. The minimum atomic E-state index is -3.38. The van der Waals surface area contributed by atoms with Crippen LogP contribution in [0.2, 0.25) is 0 Å². The van der Waals surface area contributed by atoms with E-state index >= 15 is 0 Å². The molecule has 0 aromatic carbocycles. The average molecular weight is 399 g/mol. The Balaban J connectivity index is 1.85. The highest BCUT2D eigenvalue weighted by atomic mass is 32.2. The highest BCUT2D eigenvalue weighted by molar-refractivity contribution is 7.91. The molecule has 2 heterocycles. The number of hydrogen-bond acceptors (Lipinski definition) is 5. The van der Waals surface area contributed by atoms with Crippen LogP contribution in [0.5, 0.6) is 0 Å². The lowest BCUT2D eigenvalue weighted by Crippen LogP contribution is -2.37. The third-order valence-electron chi connectivity index (χ3n) is 3.83. The Labute approximate surface area is 159 Å². The van der Waals surface area contributed by atoms with Crippen molar-refractivity contribution in [1.82, 2.24) is 14.9 Å². The first-order valence-corrected chi connectivity index (χ1v) is 10.8. The number of sulfonamides is 1. The summed E-state index contributed by atoms with van der Waals surface area (Å²) >= 11 is 1.32. The fourth-order valence-corrected chi connectivity index (χ4v) is 5.40. The van der Waals surface area contributed by atoms with E-state index in [1.165, 1.54) is 15.6 Å². The first-order valence-electron chi connectivity index (χ1n) is 8.57. The van der Waals surface area contributed by atoms with Gasteiger partial charge in [-0.05, 0) is 30.7 Å². The zero-order valence-corrected chi connectivity index (χ0v) is 17.0. The van der Waals surface area contributed by atoms with E-state index in [1.807, 2.05) is 32.0 Å². The van der Waals surface area contributed by atoms with Crippen LogP contribution in [0.25, 0.3) is 0 Å². The first kappa shape index (κ1) is 20.5. The summed E-state index contributed by atoms with van der Waals surface area (Å²) in [5, 5.41) is 6.38. The molecule has 0 amide bonds. The zero-order valence-electron chi connectivity index (χ0n) is 15.4. The molecule has 9 heteroatoms. The molecule has 144 valence electrons. The van der Waals surface area contributed by atoms with Crippen LogP contribution in [0.1, 0.15) is 24.5 Å². The minimum Gasteiger partial charge on any atom is -0.467 e. The van der Waals surface area contributed by atoms with Gasteiger partial charge in [0, 0.05) is 31.6 Å². The molecule has 0 spiro atoms. The summed E-state index contributed by atoms with van der Waals surface area (Å²) in [7, 11) is -1.67. The molecule has 2 rings (SSSR count). The number of hydrogen-bond donors (Lipinski definition) is 2. The lowest BCUT2D eigenvalue weighted by atomic mass is 10.3. The molecule has 0 fully saturated rings. The van der Waals surface area contributed by atoms with Crippen LogP contribution in [0.3, 0.4) is 0 Å². The molecule has 7 nitrogen and oxygen atoms in total. The number of guanidine groups is 1. The number of rotatable bonds is 9. The fourth-order valence-electron chi connectivity index (χ4n) is 2.43. The van der Waals surface area contributed by atoms with Gasteiger partial charge in [0.1, 0.15) is 9.97 Å². The number of furan rings is 1. The van der Waals surface area contributed by atoms with Crippen LogP contribution in [-0.4, -0.2) is 45.4 Å². The number of thiophene rings is 1. The maximum atomic E-state index is 12.5. The van der Waals surface area contributed by atoms with Gasteiger partial charge in [-0.15, -0.1) is 11.3 Å². The van der Waals surface area contributed by atoms with E-state index in [-0.39, 0.29) is 0 Å². The summed E-state index contributed by atoms with van der Waals surface area (Å²) in [4.78, 5) is 5.18. The van der Waals surface area contributed by atoms with Crippen LogP contribution in [0, 0.1) is 0 Å². The summed E-state index contributed by atoms with van der Waals surface area (Å²) in [5.74, 6) is 1.51. The molecule has 0 saturated heterocycles. The lowest BCUT2D eigenvalue weighted by Gasteiger charge is -2.16. The van der Waals surface area contributed by atoms with Crippen LogP contribution < -0.4 is 10.6 Å². The summed E-state index contributed by atoms with van der Waals surface area (Å²) in [5.41, 5.74) is 0. The van der Waals surface area contributed by atoms with Gasteiger partial charge in [-0.1, -0.05) is 13.8 Å². The van der Waals surface area contributed by atoms with Crippen molar-refractivity contribution in [2.75, 3.05) is 26.7 Å². The van der Waals surface area contributed by atoms with Crippen molar-refractivity contribution >= 4 is 27.3 Å². The fraction of sp³-hybridized carbons (Fsp3) is 0.471. The second kappa shape index (κ2) is 9.75. The van der Waals surface area contributed by atoms with E-state index in [9.17, 15) is 8.42 Å². The van der Waals surface area contributed by atoms with Crippen LogP contribution >= 0.6 is 11.3 Å². The molecule has 0 bridgehead atoms. The average Bonchev–Trinajstić information content (AvgIpc) is 3.30. The Morgan fingerprint density at radius 2 is 2.00 bits per heavy atom. The molecular weight excluding hydrogens is 372 g/mol. The summed E-state index contributed by atoms with van der Waals surface area (Å²) in [6.45, 7) is 5.86. The molecule has 26 heavy (non-hydrogen) atoms.